The molecule has 128 valence electrons. The van der Waals surface area contributed by atoms with Gasteiger partial charge in [0.25, 0.3) is 5.91 Å². The van der Waals surface area contributed by atoms with Gasteiger partial charge in [-0.2, -0.15) is 0 Å². The number of carbonyl (C=O) groups excluding carboxylic acids is 1. The largest absolute Gasteiger partial charge is 0.350 e. The Morgan fingerprint density at radius 3 is 2.67 bits per heavy atom. The van der Waals surface area contributed by atoms with Crippen LogP contribution in [0.4, 0.5) is 0 Å². The van der Waals surface area contributed by atoms with Crippen LogP contribution in [0.3, 0.4) is 0 Å². The summed E-state index contributed by atoms with van der Waals surface area (Å²) in [4.78, 5) is 20.4. The standard InChI is InChI=1S/C19H25N3OS/c1-3-16(22-11-7-8-12-22)13-20-18(23)17-14(2)21-19(24-17)15-9-5-4-6-10-15/h4-6,9-10,16H,3,7-8,11-13H2,1-2H3,(H,20,23). The van der Waals surface area contributed by atoms with Crippen LogP contribution in [0.2, 0.25) is 0 Å². The molecule has 4 nitrogen and oxygen atoms in total. The maximum absolute atomic E-state index is 12.6. The molecule has 1 aromatic heterocycles. The Hall–Kier alpha value is -1.72. The number of hydrogen-bond donors (Lipinski definition) is 1. The first-order valence-electron chi connectivity index (χ1n) is 8.74. The van der Waals surface area contributed by atoms with E-state index in [1.165, 1.54) is 24.2 Å². The van der Waals surface area contributed by atoms with Gasteiger partial charge in [-0.25, -0.2) is 4.98 Å². The number of carbonyl (C=O) groups is 1. The van der Waals surface area contributed by atoms with E-state index in [-0.39, 0.29) is 5.91 Å². The Bertz CT molecular complexity index is 677. The summed E-state index contributed by atoms with van der Waals surface area (Å²) in [6.07, 6.45) is 3.62. The molecule has 0 radical (unpaired) electrons. The van der Waals surface area contributed by atoms with Crippen LogP contribution in [0, 0.1) is 6.92 Å². The highest BCUT2D eigenvalue weighted by Gasteiger charge is 2.22. The van der Waals surface area contributed by atoms with Gasteiger partial charge in [-0.3, -0.25) is 9.69 Å². The van der Waals surface area contributed by atoms with E-state index in [4.69, 9.17) is 0 Å². The fraction of sp³-hybridized carbons (Fsp3) is 0.474. The number of benzene rings is 1. The minimum atomic E-state index is 0.00447. The van der Waals surface area contributed by atoms with E-state index in [0.29, 0.717) is 12.6 Å². The summed E-state index contributed by atoms with van der Waals surface area (Å²) in [5, 5.41) is 4.03. The fourth-order valence-corrected chi connectivity index (χ4v) is 4.23. The molecule has 2 aromatic rings. The van der Waals surface area contributed by atoms with Gasteiger partial charge in [0.2, 0.25) is 0 Å². The normalized spacial score (nSPS) is 16.2. The van der Waals surface area contributed by atoms with Crippen molar-refractivity contribution in [1.82, 2.24) is 15.2 Å². The molecular formula is C19H25N3OS. The second kappa shape index (κ2) is 7.90. The molecule has 0 spiro atoms. The minimum Gasteiger partial charge on any atom is -0.350 e. The van der Waals surface area contributed by atoms with E-state index in [9.17, 15) is 4.79 Å². The summed E-state index contributed by atoms with van der Waals surface area (Å²) in [7, 11) is 0. The predicted molar refractivity (Wildman–Crippen MR) is 99.5 cm³/mol. The Kier molecular flexibility index (Phi) is 5.63. The van der Waals surface area contributed by atoms with E-state index in [2.05, 4.69) is 22.1 Å². The summed E-state index contributed by atoms with van der Waals surface area (Å²) >= 11 is 1.48. The van der Waals surface area contributed by atoms with Crippen molar-refractivity contribution in [1.29, 1.82) is 0 Å². The van der Waals surface area contributed by atoms with E-state index >= 15 is 0 Å². The number of aryl methyl sites for hydroxylation is 1. The van der Waals surface area contributed by atoms with E-state index in [1.54, 1.807) is 0 Å². The number of thiazole rings is 1. The van der Waals surface area contributed by atoms with E-state index < -0.39 is 0 Å². The topological polar surface area (TPSA) is 45.2 Å². The Morgan fingerprint density at radius 1 is 1.29 bits per heavy atom. The lowest BCUT2D eigenvalue weighted by Gasteiger charge is -2.26. The molecule has 1 N–H and O–H groups in total. The van der Waals surface area contributed by atoms with Crippen molar-refractivity contribution < 1.29 is 4.79 Å². The van der Waals surface area contributed by atoms with Crippen molar-refractivity contribution in [3.05, 3.63) is 40.9 Å². The van der Waals surface area contributed by atoms with E-state index in [1.807, 2.05) is 37.3 Å². The Morgan fingerprint density at radius 2 is 2.00 bits per heavy atom. The summed E-state index contributed by atoms with van der Waals surface area (Å²) in [6.45, 7) is 7.14. The zero-order chi connectivity index (χ0) is 16.9. The molecule has 3 rings (SSSR count). The predicted octanol–water partition coefficient (Wildman–Crippen LogP) is 3.72. The van der Waals surface area contributed by atoms with Crippen LogP contribution < -0.4 is 5.32 Å². The monoisotopic (exact) mass is 343 g/mol. The SMILES string of the molecule is CCC(CNC(=O)c1sc(-c2ccccc2)nc1C)N1CCCC1. The number of hydrogen-bond acceptors (Lipinski definition) is 4. The first-order valence-corrected chi connectivity index (χ1v) is 9.55. The first-order chi connectivity index (χ1) is 11.7. The van der Waals surface area contributed by atoms with Crippen LogP contribution in [-0.2, 0) is 0 Å². The molecule has 5 heteroatoms. The Balaban J connectivity index is 1.65. The number of amides is 1. The maximum atomic E-state index is 12.6. The van der Waals surface area contributed by atoms with Crippen LogP contribution in [0.15, 0.2) is 30.3 Å². The molecule has 1 fully saturated rings. The van der Waals surface area contributed by atoms with Gasteiger partial charge in [-0.15, -0.1) is 11.3 Å². The van der Waals surface area contributed by atoms with Gasteiger partial charge >= 0.3 is 0 Å². The van der Waals surface area contributed by atoms with Gasteiger partial charge in [0.05, 0.1) is 5.69 Å². The number of nitrogens with one attached hydrogen (secondary N) is 1. The molecule has 24 heavy (non-hydrogen) atoms. The van der Waals surface area contributed by atoms with Gasteiger partial charge in [-0.05, 0) is 39.3 Å². The van der Waals surface area contributed by atoms with Crippen LogP contribution in [-0.4, -0.2) is 41.5 Å². The Labute approximate surface area is 147 Å². The highest BCUT2D eigenvalue weighted by Crippen LogP contribution is 2.27. The molecule has 1 unspecified atom stereocenters. The third-order valence-electron chi connectivity index (χ3n) is 4.65. The highest BCUT2D eigenvalue weighted by atomic mass is 32.1. The second-order valence-electron chi connectivity index (χ2n) is 6.31. The van der Waals surface area contributed by atoms with Crippen molar-refractivity contribution in [3.8, 4) is 10.6 Å². The van der Waals surface area contributed by atoms with Crippen LogP contribution in [0.25, 0.3) is 10.6 Å². The summed E-state index contributed by atoms with van der Waals surface area (Å²) < 4.78 is 0. The summed E-state index contributed by atoms with van der Waals surface area (Å²) in [5.74, 6) is 0.00447. The van der Waals surface area contributed by atoms with Crippen molar-refractivity contribution >= 4 is 17.2 Å². The third-order valence-corrected chi connectivity index (χ3v) is 5.86. The number of likely N-dealkylation sites (tertiary alicyclic amines) is 1. The van der Waals surface area contributed by atoms with Crippen molar-refractivity contribution in [2.24, 2.45) is 0 Å². The molecule has 2 heterocycles. The second-order valence-corrected chi connectivity index (χ2v) is 7.31. The van der Waals surface area contributed by atoms with Gasteiger partial charge < -0.3 is 5.32 Å². The van der Waals surface area contributed by atoms with Crippen LogP contribution in [0.1, 0.15) is 41.6 Å². The number of aromatic nitrogens is 1. The van der Waals surface area contributed by atoms with Gasteiger partial charge in [0.1, 0.15) is 9.88 Å². The molecule has 0 bridgehead atoms. The van der Waals surface area contributed by atoms with Crippen LogP contribution in [0.5, 0.6) is 0 Å². The van der Waals surface area contributed by atoms with Crippen molar-refractivity contribution in [3.63, 3.8) is 0 Å². The summed E-state index contributed by atoms with van der Waals surface area (Å²) in [5.41, 5.74) is 1.87. The van der Waals surface area contributed by atoms with Gasteiger partial charge in [0, 0.05) is 18.2 Å². The molecule has 1 atom stereocenters. The molecule has 1 aliphatic rings. The van der Waals surface area contributed by atoms with Crippen molar-refractivity contribution in [2.45, 2.75) is 39.2 Å². The van der Waals surface area contributed by atoms with Crippen molar-refractivity contribution in [2.75, 3.05) is 19.6 Å². The third kappa shape index (κ3) is 3.84. The van der Waals surface area contributed by atoms with Gasteiger partial charge in [0.15, 0.2) is 0 Å². The number of nitrogens with zero attached hydrogens (tertiary/aromatic N) is 2. The quantitative estimate of drug-likeness (QED) is 0.869. The van der Waals surface area contributed by atoms with Crippen LogP contribution >= 0.6 is 11.3 Å². The number of rotatable bonds is 6. The average molecular weight is 343 g/mol. The molecule has 1 aliphatic heterocycles. The lowest BCUT2D eigenvalue weighted by Crippen LogP contribution is -2.42. The highest BCUT2D eigenvalue weighted by molar-refractivity contribution is 7.17. The summed E-state index contributed by atoms with van der Waals surface area (Å²) in [6, 6.07) is 10.5. The average Bonchev–Trinajstić information content (AvgIpc) is 3.26. The molecule has 1 saturated heterocycles. The molecular weight excluding hydrogens is 318 g/mol. The molecule has 0 aliphatic carbocycles. The molecule has 1 amide bonds. The lowest BCUT2D eigenvalue weighted by molar-refractivity contribution is 0.0940. The smallest absolute Gasteiger partial charge is 0.263 e. The zero-order valence-corrected chi connectivity index (χ0v) is 15.2. The molecule has 1 aromatic carbocycles. The molecule has 0 saturated carbocycles. The zero-order valence-electron chi connectivity index (χ0n) is 14.4. The van der Waals surface area contributed by atoms with Gasteiger partial charge in [-0.1, -0.05) is 37.3 Å². The lowest BCUT2D eigenvalue weighted by atomic mass is 10.2. The maximum Gasteiger partial charge on any atom is 0.263 e. The van der Waals surface area contributed by atoms with E-state index in [0.717, 1.165) is 40.7 Å². The first kappa shape index (κ1) is 17.1. The fourth-order valence-electron chi connectivity index (χ4n) is 3.24. The minimum absolute atomic E-state index is 0.00447.